The molecule has 2 rings (SSSR count). The maximum atomic E-state index is 12.1. The number of halogens is 4. The first-order valence-corrected chi connectivity index (χ1v) is 12.2. The van der Waals surface area contributed by atoms with Crippen molar-refractivity contribution < 1.29 is 34.0 Å². The van der Waals surface area contributed by atoms with Gasteiger partial charge in [-0.15, -0.1) is 0 Å². The molecule has 2 aromatic rings. The summed E-state index contributed by atoms with van der Waals surface area (Å²) in [5.41, 5.74) is 1.07. The molecule has 33 heavy (non-hydrogen) atoms. The quantitative estimate of drug-likeness (QED) is 0.181. The number of carbonyl (C=O) groups is 2. The molecule has 0 saturated heterocycles. The largest absolute Gasteiger partial charge is 0.502 e. The number of rotatable bonds is 6. The smallest absolute Gasteiger partial charge is 0.338 e. The standard InChI is InChI=1S/C22H18Br4O7/c1-7(2)21(29)32-17-9(5)11(23)13(25)19(15(17)27)31-20-14(26)12(24)10(6)18(16(20)28)33-22(30)8(3)4/h27-28H,1,3H2,2,4-6H3. The van der Waals surface area contributed by atoms with Crippen LogP contribution in [0, 0.1) is 13.8 Å². The van der Waals surface area contributed by atoms with Crippen LogP contribution in [0.3, 0.4) is 0 Å². The van der Waals surface area contributed by atoms with Gasteiger partial charge in [0.25, 0.3) is 0 Å². The molecular formula is C22H18Br4O7. The molecule has 0 radical (unpaired) electrons. The number of hydrogen-bond donors (Lipinski definition) is 2. The minimum atomic E-state index is -0.746. The lowest BCUT2D eigenvalue weighted by Gasteiger charge is -2.20. The first-order valence-electron chi connectivity index (χ1n) is 9.04. The summed E-state index contributed by atoms with van der Waals surface area (Å²) in [7, 11) is 0. The van der Waals surface area contributed by atoms with Gasteiger partial charge in [0.1, 0.15) is 0 Å². The first kappa shape index (κ1) is 27.4. The van der Waals surface area contributed by atoms with Crippen molar-refractivity contribution in [1.29, 1.82) is 0 Å². The van der Waals surface area contributed by atoms with E-state index in [4.69, 9.17) is 14.2 Å². The Morgan fingerprint density at radius 2 is 0.970 bits per heavy atom. The van der Waals surface area contributed by atoms with Crippen molar-refractivity contribution in [3.05, 3.63) is 53.3 Å². The van der Waals surface area contributed by atoms with Crippen LogP contribution in [0.15, 0.2) is 42.2 Å². The Morgan fingerprint density at radius 3 is 1.24 bits per heavy atom. The zero-order valence-corrected chi connectivity index (χ0v) is 24.2. The molecule has 0 saturated carbocycles. The van der Waals surface area contributed by atoms with E-state index < -0.39 is 23.4 Å². The minimum absolute atomic E-state index is 0.127. The van der Waals surface area contributed by atoms with E-state index in [-0.39, 0.29) is 43.1 Å². The maximum absolute atomic E-state index is 12.1. The molecule has 0 amide bonds. The van der Waals surface area contributed by atoms with Crippen LogP contribution in [0.4, 0.5) is 0 Å². The number of phenols is 2. The lowest BCUT2D eigenvalue weighted by molar-refractivity contribution is -0.131. The van der Waals surface area contributed by atoms with Gasteiger partial charge in [0.15, 0.2) is 23.0 Å². The van der Waals surface area contributed by atoms with Crippen molar-refractivity contribution in [2.75, 3.05) is 0 Å². The molecule has 0 fully saturated rings. The third kappa shape index (κ3) is 5.47. The van der Waals surface area contributed by atoms with E-state index in [0.29, 0.717) is 20.1 Å². The van der Waals surface area contributed by atoms with Crippen LogP contribution >= 0.6 is 63.7 Å². The highest BCUT2D eigenvalue weighted by atomic mass is 79.9. The second-order valence-electron chi connectivity index (χ2n) is 6.96. The van der Waals surface area contributed by atoms with Gasteiger partial charge in [-0.25, -0.2) is 9.59 Å². The van der Waals surface area contributed by atoms with Gasteiger partial charge in [-0.2, -0.15) is 0 Å². The average molecular weight is 714 g/mol. The Labute approximate surface area is 223 Å². The predicted molar refractivity (Wildman–Crippen MR) is 137 cm³/mol. The predicted octanol–water partition coefficient (Wildman–Crippen LogP) is 7.52. The van der Waals surface area contributed by atoms with Crippen LogP contribution in [0.1, 0.15) is 25.0 Å². The third-order valence-electron chi connectivity index (χ3n) is 4.27. The zero-order chi connectivity index (χ0) is 25.4. The van der Waals surface area contributed by atoms with Gasteiger partial charge >= 0.3 is 11.9 Å². The molecule has 0 atom stereocenters. The lowest BCUT2D eigenvalue weighted by Crippen LogP contribution is -2.10. The van der Waals surface area contributed by atoms with Crippen molar-refractivity contribution in [1.82, 2.24) is 0 Å². The van der Waals surface area contributed by atoms with Gasteiger partial charge in [-0.1, -0.05) is 13.2 Å². The van der Waals surface area contributed by atoms with Gasteiger partial charge in [0.05, 0.1) is 8.95 Å². The number of phenolic OH excluding ortho intramolecular Hbond substituents is 2. The summed E-state index contributed by atoms with van der Waals surface area (Å²) in [5.74, 6) is -3.20. The van der Waals surface area contributed by atoms with E-state index >= 15 is 0 Å². The van der Waals surface area contributed by atoms with Gasteiger partial charge in [0, 0.05) is 31.2 Å². The Balaban J connectivity index is 2.72. The normalized spacial score (nSPS) is 10.5. The summed E-state index contributed by atoms with van der Waals surface area (Å²) in [6.07, 6.45) is 0. The van der Waals surface area contributed by atoms with Crippen molar-refractivity contribution in [2.24, 2.45) is 0 Å². The topological polar surface area (TPSA) is 102 Å². The molecule has 0 aliphatic heterocycles. The van der Waals surface area contributed by atoms with E-state index in [1.807, 2.05) is 0 Å². The molecule has 176 valence electrons. The minimum Gasteiger partial charge on any atom is -0.502 e. The van der Waals surface area contributed by atoms with Gasteiger partial charge in [-0.05, 0) is 91.4 Å². The SMILES string of the molecule is C=C(C)C(=O)Oc1c(C)c(Br)c(Br)c(Oc2c(O)c(OC(=O)C(=C)C)c(C)c(Br)c2Br)c1O. The van der Waals surface area contributed by atoms with Crippen LogP contribution in [0.2, 0.25) is 0 Å². The molecule has 0 aromatic heterocycles. The van der Waals surface area contributed by atoms with Crippen LogP contribution in [-0.2, 0) is 9.59 Å². The fourth-order valence-electron chi connectivity index (χ4n) is 2.40. The van der Waals surface area contributed by atoms with Gasteiger partial charge < -0.3 is 24.4 Å². The highest BCUT2D eigenvalue weighted by Crippen LogP contribution is 2.55. The summed E-state index contributed by atoms with van der Waals surface area (Å²) in [6, 6.07) is 0. The van der Waals surface area contributed by atoms with E-state index in [9.17, 15) is 19.8 Å². The monoisotopic (exact) mass is 710 g/mol. The fraction of sp³-hybridized carbons (Fsp3) is 0.182. The highest BCUT2D eigenvalue weighted by molar-refractivity contribution is 9.13. The molecule has 0 aliphatic rings. The number of benzene rings is 2. The third-order valence-corrected chi connectivity index (χ3v) is 8.83. The molecule has 0 heterocycles. The second kappa shape index (κ2) is 10.6. The van der Waals surface area contributed by atoms with Crippen molar-refractivity contribution in [2.45, 2.75) is 27.7 Å². The summed E-state index contributed by atoms with van der Waals surface area (Å²) in [6.45, 7) is 13.2. The van der Waals surface area contributed by atoms with E-state index in [0.717, 1.165) is 0 Å². The molecule has 0 bridgehead atoms. The van der Waals surface area contributed by atoms with Crippen LogP contribution in [0.25, 0.3) is 0 Å². The first-order chi connectivity index (χ1) is 15.2. The molecular weight excluding hydrogens is 696 g/mol. The number of ether oxygens (including phenoxy) is 3. The van der Waals surface area contributed by atoms with Crippen LogP contribution in [-0.4, -0.2) is 22.2 Å². The number of aromatic hydroxyl groups is 2. The molecule has 0 unspecified atom stereocenters. The molecule has 0 aliphatic carbocycles. The Morgan fingerprint density at radius 1 is 0.667 bits per heavy atom. The van der Waals surface area contributed by atoms with Crippen molar-refractivity contribution in [3.63, 3.8) is 0 Å². The molecule has 11 heteroatoms. The van der Waals surface area contributed by atoms with Crippen LogP contribution in [0.5, 0.6) is 34.5 Å². The van der Waals surface area contributed by atoms with Gasteiger partial charge in [-0.3, -0.25) is 0 Å². The van der Waals surface area contributed by atoms with Crippen molar-refractivity contribution in [3.8, 4) is 34.5 Å². The highest BCUT2D eigenvalue weighted by Gasteiger charge is 2.29. The maximum Gasteiger partial charge on any atom is 0.338 e. The Hall–Kier alpha value is -1.82. The number of esters is 2. The number of hydrogen-bond acceptors (Lipinski definition) is 7. The van der Waals surface area contributed by atoms with E-state index in [1.165, 1.54) is 13.8 Å². The summed E-state index contributed by atoms with van der Waals surface area (Å²) in [4.78, 5) is 24.1. The summed E-state index contributed by atoms with van der Waals surface area (Å²) < 4.78 is 17.8. The molecule has 7 nitrogen and oxygen atoms in total. The lowest BCUT2D eigenvalue weighted by atomic mass is 10.1. The van der Waals surface area contributed by atoms with Crippen LogP contribution < -0.4 is 14.2 Å². The molecule has 2 N–H and O–H groups in total. The molecule has 2 aromatic carbocycles. The fourth-order valence-corrected chi connectivity index (χ4v) is 4.25. The number of carbonyl (C=O) groups excluding carboxylic acids is 2. The molecule has 0 spiro atoms. The Bertz CT molecular complexity index is 1130. The van der Waals surface area contributed by atoms with Gasteiger partial charge in [0.2, 0.25) is 11.5 Å². The van der Waals surface area contributed by atoms with E-state index in [1.54, 1.807) is 13.8 Å². The zero-order valence-electron chi connectivity index (χ0n) is 17.9. The summed E-state index contributed by atoms with van der Waals surface area (Å²) in [5, 5.41) is 21.7. The van der Waals surface area contributed by atoms with E-state index in [2.05, 4.69) is 76.9 Å². The Kier molecular flexibility index (Phi) is 8.83. The summed E-state index contributed by atoms with van der Waals surface area (Å²) >= 11 is 13.4. The van der Waals surface area contributed by atoms with Crippen molar-refractivity contribution >= 4 is 75.7 Å². The second-order valence-corrected chi connectivity index (χ2v) is 10.1. The average Bonchev–Trinajstić information content (AvgIpc) is 2.75.